The molecule has 1 aliphatic rings. The lowest BCUT2D eigenvalue weighted by atomic mass is 10.4. The molecule has 3 N–H and O–H groups in total. The van der Waals surface area contributed by atoms with Crippen LogP contribution in [0.1, 0.15) is 24.6 Å². The highest BCUT2D eigenvalue weighted by molar-refractivity contribution is 7.91. The van der Waals surface area contributed by atoms with E-state index in [0.717, 1.165) is 17.9 Å². The summed E-state index contributed by atoms with van der Waals surface area (Å²) in [5.74, 6) is 0.648. The van der Waals surface area contributed by atoms with E-state index in [0.29, 0.717) is 24.1 Å². The van der Waals surface area contributed by atoms with Gasteiger partial charge in [0.05, 0.1) is 18.0 Å². The maximum absolute atomic E-state index is 12.1. The average Bonchev–Trinajstić information content (AvgIpc) is 3.21. The van der Waals surface area contributed by atoms with Gasteiger partial charge in [-0.3, -0.25) is 0 Å². The van der Waals surface area contributed by atoms with Crippen LogP contribution in [0.5, 0.6) is 0 Å². The Kier molecular flexibility index (Phi) is 5.08. The van der Waals surface area contributed by atoms with Crippen LogP contribution in [0.2, 0.25) is 0 Å². The lowest BCUT2D eigenvalue weighted by Crippen LogP contribution is -2.13. The standard InChI is InChI=1S/C13H19N3O3S2/c1-2-21(17,18)12-11(15)10(7-14)20-13(12)16-5-6-19-8-9-3-4-9/h9,16H,2-6,8,15H2,1H3. The van der Waals surface area contributed by atoms with Gasteiger partial charge in [0.2, 0.25) is 0 Å². The van der Waals surface area contributed by atoms with Crippen LogP contribution in [0.3, 0.4) is 0 Å². The number of rotatable bonds is 8. The fraction of sp³-hybridized carbons (Fsp3) is 0.615. The predicted molar refractivity (Wildman–Crippen MR) is 83.2 cm³/mol. The van der Waals surface area contributed by atoms with E-state index in [1.54, 1.807) is 6.92 Å². The first-order valence-electron chi connectivity index (χ1n) is 6.86. The quantitative estimate of drug-likeness (QED) is 0.705. The number of nitrogens with zero attached hydrogens (tertiary/aromatic N) is 1. The first-order chi connectivity index (χ1) is 9.99. The van der Waals surface area contributed by atoms with Crippen LogP contribution >= 0.6 is 11.3 Å². The summed E-state index contributed by atoms with van der Waals surface area (Å²) in [6.07, 6.45) is 2.47. The van der Waals surface area contributed by atoms with Crippen LogP contribution in [-0.2, 0) is 14.6 Å². The zero-order valence-electron chi connectivity index (χ0n) is 11.9. The number of nitrogen functional groups attached to an aromatic ring is 1. The van der Waals surface area contributed by atoms with E-state index in [4.69, 9.17) is 15.7 Å². The molecule has 1 heterocycles. The Labute approximate surface area is 128 Å². The highest BCUT2D eigenvalue weighted by Gasteiger charge is 2.26. The van der Waals surface area contributed by atoms with Gasteiger partial charge in [0, 0.05) is 13.2 Å². The molecule has 116 valence electrons. The number of sulfone groups is 1. The Balaban J connectivity index is 2.05. The van der Waals surface area contributed by atoms with Crippen molar-refractivity contribution in [3.63, 3.8) is 0 Å². The Morgan fingerprint density at radius 2 is 2.24 bits per heavy atom. The monoisotopic (exact) mass is 329 g/mol. The number of hydrogen-bond acceptors (Lipinski definition) is 7. The van der Waals surface area contributed by atoms with Gasteiger partial charge in [-0.25, -0.2) is 8.42 Å². The minimum atomic E-state index is -3.46. The number of nitrogens with one attached hydrogen (secondary N) is 1. The predicted octanol–water partition coefficient (Wildman–Crippen LogP) is 1.83. The number of nitrogens with two attached hydrogens (primary N) is 1. The number of anilines is 2. The first-order valence-corrected chi connectivity index (χ1v) is 9.33. The van der Waals surface area contributed by atoms with Crippen molar-refractivity contribution in [2.75, 3.05) is 36.6 Å². The van der Waals surface area contributed by atoms with Crippen molar-refractivity contribution in [3.05, 3.63) is 4.88 Å². The molecule has 0 saturated heterocycles. The van der Waals surface area contributed by atoms with Gasteiger partial charge in [-0.2, -0.15) is 5.26 Å². The van der Waals surface area contributed by atoms with E-state index < -0.39 is 9.84 Å². The maximum Gasteiger partial charge on any atom is 0.183 e. The summed E-state index contributed by atoms with van der Waals surface area (Å²) in [6.45, 7) is 3.31. The lowest BCUT2D eigenvalue weighted by Gasteiger charge is -2.08. The highest BCUT2D eigenvalue weighted by atomic mass is 32.2. The molecule has 2 rings (SSSR count). The maximum atomic E-state index is 12.1. The molecule has 0 atom stereocenters. The van der Waals surface area contributed by atoms with E-state index in [1.165, 1.54) is 12.8 Å². The van der Waals surface area contributed by atoms with E-state index in [9.17, 15) is 8.42 Å². The van der Waals surface area contributed by atoms with Crippen LogP contribution in [0.25, 0.3) is 0 Å². The Bertz CT molecular complexity index is 642. The molecule has 1 aromatic rings. The van der Waals surface area contributed by atoms with Crippen molar-refractivity contribution in [2.45, 2.75) is 24.7 Å². The average molecular weight is 329 g/mol. The summed E-state index contributed by atoms with van der Waals surface area (Å²) in [5, 5.41) is 12.5. The van der Waals surface area contributed by atoms with Gasteiger partial charge in [-0.1, -0.05) is 6.92 Å². The molecule has 0 spiro atoms. The summed E-state index contributed by atoms with van der Waals surface area (Å²) in [4.78, 5) is 0.275. The second kappa shape index (κ2) is 6.64. The largest absolute Gasteiger partial charge is 0.396 e. The Morgan fingerprint density at radius 1 is 1.52 bits per heavy atom. The van der Waals surface area contributed by atoms with Gasteiger partial charge in [-0.05, 0) is 18.8 Å². The van der Waals surface area contributed by atoms with Gasteiger partial charge in [0.1, 0.15) is 20.8 Å². The minimum absolute atomic E-state index is 0.0470. The highest BCUT2D eigenvalue weighted by Crippen LogP contribution is 2.39. The summed E-state index contributed by atoms with van der Waals surface area (Å²) in [7, 11) is -3.46. The second-order valence-electron chi connectivity index (χ2n) is 4.96. The molecule has 6 nitrogen and oxygen atoms in total. The van der Waals surface area contributed by atoms with E-state index in [1.807, 2.05) is 6.07 Å². The zero-order valence-corrected chi connectivity index (χ0v) is 13.5. The number of nitriles is 1. The molecular weight excluding hydrogens is 310 g/mol. The van der Waals surface area contributed by atoms with Crippen LogP contribution in [0, 0.1) is 17.2 Å². The summed E-state index contributed by atoms with van der Waals surface area (Å²) >= 11 is 1.07. The third-order valence-electron chi connectivity index (χ3n) is 3.27. The van der Waals surface area contributed by atoms with E-state index in [-0.39, 0.29) is 21.2 Å². The molecule has 1 aromatic heterocycles. The molecule has 0 unspecified atom stereocenters. The summed E-state index contributed by atoms with van der Waals surface area (Å²) in [6, 6.07) is 1.93. The Morgan fingerprint density at radius 3 is 2.81 bits per heavy atom. The molecule has 1 saturated carbocycles. The summed E-state index contributed by atoms with van der Waals surface area (Å²) in [5.41, 5.74) is 5.84. The van der Waals surface area contributed by atoms with Crippen molar-refractivity contribution in [2.24, 2.45) is 5.92 Å². The molecule has 0 bridgehead atoms. The van der Waals surface area contributed by atoms with Crippen molar-refractivity contribution in [1.82, 2.24) is 0 Å². The molecule has 1 fully saturated rings. The smallest absolute Gasteiger partial charge is 0.183 e. The Hall–Kier alpha value is -1.30. The van der Waals surface area contributed by atoms with Gasteiger partial charge in [-0.15, -0.1) is 11.3 Å². The molecular formula is C13H19N3O3S2. The van der Waals surface area contributed by atoms with Crippen LogP contribution in [-0.4, -0.2) is 33.9 Å². The van der Waals surface area contributed by atoms with Gasteiger partial charge >= 0.3 is 0 Å². The molecule has 0 amide bonds. The molecule has 0 radical (unpaired) electrons. The topological polar surface area (TPSA) is 105 Å². The first kappa shape index (κ1) is 16.1. The van der Waals surface area contributed by atoms with Crippen molar-refractivity contribution in [3.8, 4) is 6.07 Å². The lowest BCUT2D eigenvalue weighted by molar-refractivity contribution is 0.134. The molecule has 8 heteroatoms. The third kappa shape index (κ3) is 3.87. The molecule has 1 aliphatic carbocycles. The summed E-state index contributed by atoms with van der Waals surface area (Å²) < 4.78 is 29.7. The molecule has 0 aliphatic heterocycles. The SMILES string of the molecule is CCS(=O)(=O)c1c(NCCOCC2CC2)sc(C#N)c1N. The molecule has 21 heavy (non-hydrogen) atoms. The normalized spacial score (nSPS) is 14.9. The molecule has 0 aromatic carbocycles. The van der Waals surface area contributed by atoms with Crippen LogP contribution in [0.4, 0.5) is 10.7 Å². The number of ether oxygens (including phenoxy) is 1. The van der Waals surface area contributed by atoms with Crippen molar-refractivity contribution >= 4 is 31.9 Å². The minimum Gasteiger partial charge on any atom is -0.396 e. The fourth-order valence-corrected chi connectivity index (χ4v) is 4.34. The fourth-order valence-electron chi connectivity index (χ4n) is 1.85. The van der Waals surface area contributed by atoms with Crippen LogP contribution < -0.4 is 11.1 Å². The van der Waals surface area contributed by atoms with Gasteiger partial charge in [0.25, 0.3) is 0 Å². The van der Waals surface area contributed by atoms with Crippen molar-refractivity contribution < 1.29 is 13.2 Å². The zero-order chi connectivity index (χ0) is 15.5. The third-order valence-corrected chi connectivity index (χ3v) is 6.28. The van der Waals surface area contributed by atoms with Crippen molar-refractivity contribution in [1.29, 1.82) is 5.26 Å². The van der Waals surface area contributed by atoms with Gasteiger partial charge in [0.15, 0.2) is 9.84 Å². The second-order valence-corrected chi connectivity index (χ2v) is 8.20. The number of hydrogen-bond donors (Lipinski definition) is 2. The number of thiophene rings is 1. The van der Waals surface area contributed by atoms with Crippen LogP contribution in [0.15, 0.2) is 4.90 Å². The van der Waals surface area contributed by atoms with Gasteiger partial charge < -0.3 is 15.8 Å². The van der Waals surface area contributed by atoms with E-state index in [2.05, 4.69) is 5.32 Å². The van der Waals surface area contributed by atoms with E-state index >= 15 is 0 Å².